The van der Waals surface area contributed by atoms with Gasteiger partial charge in [-0.15, -0.1) is 0 Å². The Balaban J connectivity index is 1.52. The number of rotatable bonds is 4. The van der Waals surface area contributed by atoms with Gasteiger partial charge >= 0.3 is 6.03 Å². The highest BCUT2D eigenvalue weighted by Crippen LogP contribution is 2.21. The maximum atomic E-state index is 12.3. The van der Waals surface area contributed by atoms with E-state index in [9.17, 15) is 9.59 Å². The minimum Gasteiger partial charge on any atom is -0.350 e. The molecule has 0 spiro atoms. The number of nitrogens with one attached hydrogen (secondary N) is 3. The molecule has 0 aromatic carbocycles. The number of amides is 2. The average Bonchev–Trinajstić information content (AvgIpc) is 2.90. The van der Waals surface area contributed by atoms with Gasteiger partial charge in [0, 0.05) is 31.2 Å². The molecule has 0 bridgehead atoms. The zero-order valence-corrected chi connectivity index (χ0v) is 14.8. The normalized spacial score (nSPS) is 22.2. The molecule has 1 atom stereocenters. The maximum absolute atomic E-state index is 12.3. The first-order valence-corrected chi connectivity index (χ1v) is 9.59. The predicted molar refractivity (Wildman–Crippen MR) is 97.9 cm³/mol. The molecule has 2 heterocycles. The van der Waals surface area contributed by atoms with Gasteiger partial charge in [0.15, 0.2) is 0 Å². The van der Waals surface area contributed by atoms with Crippen LogP contribution in [0.2, 0.25) is 0 Å². The number of anilines is 1. The summed E-state index contributed by atoms with van der Waals surface area (Å²) in [4.78, 5) is 25.6. The second-order valence-electron chi connectivity index (χ2n) is 7.17. The third kappa shape index (κ3) is 5.21. The van der Waals surface area contributed by atoms with Crippen molar-refractivity contribution in [3.8, 4) is 0 Å². The molecule has 1 aromatic rings. The van der Waals surface area contributed by atoms with E-state index in [1.54, 1.807) is 6.07 Å². The predicted octanol–water partition coefficient (Wildman–Crippen LogP) is 2.15. The molecule has 2 aliphatic rings. The van der Waals surface area contributed by atoms with Crippen LogP contribution in [0.4, 0.5) is 10.6 Å². The molecule has 1 aliphatic heterocycles. The Kier molecular flexibility index (Phi) is 6.30. The Bertz CT molecular complexity index is 589. The third-order valence-corrected chi connectivity index (χ3v) is 5.27. The van der Waals surface area contributed by atoms with E-state index in [1.807, 2.05) is 0 Å². The molecular formula is C18H29N5O2. The van der Waals surface area contributed by atoms with Crippen LogP contribution in [0.25, 0.3) is 0 Å². The van der Waals surface area contributed by atoms with Gasteiger partial charge in [-0.1, -0.05) is 25.7 Å². The number of hydrogen-bond acceptors (Lipinski definition) is 4. The molecule has 1 saturated heterocycles. The first kappa shape index (κ1) is 17.8. The molecule has 7 nitrogen and oxygen atoms in total. The van der Waals surface area contributed by atoms with Gasteiger partial charge in [-0.2, -0.15) is 5.10 Å². The Morgan fingerprint density at radius 3 is 2.60 bits per heavy atom. The van der Waals surface area contributed by atoms with E-state index >= 15 is 0 Å². The summed E-state index contributed by atoms with van der Waals surface area (Å²) in [5, 5.41) is 12.8. The van der Waals surface area contributed by atoms with Crippen LogP contribution in [-0.2, 0) is 0 Å². The van der Waals surface area contributed by atoms with Crippen LogP contribution in [0.3, 0.4) is 0 Å². The maximum Gasteiger partial charge on any atom is 0.315 e. The first-order valence-electron chi connectivity index (χ1n) is 9.59. The lowest BCUT2D eigenvalue weighted by atomic mass is 10.0. The lowest BCUT2D eigenvalue weighted by Gasteiger charge is -2.36. The van der Waals surface area contributed by atoms with Gasteiger partial charge < -0.3 is 15.5 Å². The van der Waals surface area contributed by atoms with Gasteiger partial charge in [-0.25, -0.2) is 9.89 Å². The fraction of sp³-hybridized carbons (Fsp3) is 0.722. The van der Waals surface area contributed by atoms with E-state index < -0.39 is 0 Å². The quantitative estimate of drug-likeness (QED) is 0.728. The van der Waals surface area contributed by atoms with Crippen LogP contribution in [0.1, 0.15) is 57.8 Å². The molecule has 1 aromatic heterocycles. The highest BCUT2D eigenvalue weighted by molar-refractivity contribution is 5.74. The Hall–Kier alpha value is -2.05. The largest absolute Gasteiger partial charge is 0.350 e. The van der Waals surface area contributed by atoms with Crippen LogP contribution in [0.15, 0.2) is 16.9 Å². The highest BCUT2D eigenvalue weighted by Gasteiger charge is 2.24. The number of carbonyl (C=O) groups is 1. The van der Waals surface area contributed by atoms with Gasteiger partial charge in [-0.05, 0) is 38.2 Å². The summed E-state index contributed by atoms with van der Waals surface area (Å²) in [5.74, 6) is 0.773. The highest BCUT2D eigenvalue weighted by atomic mass is 16.2. The Labute approximate surface area is 148 Å². The van der Waals surface area contributed by atoms with Gasteiger partial charge in [-0.3, -0.25) is 4.79 Å². The Morgan fingerprint density at radius 1 is 1.12 bits per heavy atom. The second-order valence-corrected chi connectivity index (χ2v) is 7.17. The first-order chi connectivity index (χ1) is 12.2. The summed E-state index contributed by atoms with van der Waals surface area (Å²) >= 11 is 0. The molecule has 1 unspecified atom stereocenters. The number of aromatic amines is 1. The SMILES string of the molecule is O=C(NCC1CCCCN1c1ccc(=O)[nH]n1)NC1CCCCCC1. The van der Waals surface area contributed by atoms with Gasteiger partial charge in [0.05, 0.1) is 0 Å². The number of aromatic nitrogens is 2. The second kappa shape index (κ2) is 8.87. The fourth-order valence-electron chi connectivity index (χ4n) is 3.88. The molecule has 2 amide bonds. The van der Waals surface area contributed by atoms with Crippen molar-refractivity contribution < 1.29 is 4.79 Å². The number of urea groups is 1. The van der Waals surface area contributed by atoms with Crippen molar-refractivity contribution in [2.75, 3.05) is 18.0 Å². The minimum atomic E-state index is -0.196. The van der Waals surface area contributed by atoms with E-state index in [-0.39, 0.29) is 17.6 Å². The molecule has 0 radical (unpaired) electrons. The zero-order valence-electron chi connectivity index (χ0n) is 14.8. The van der Waals surface area contributed by atoms with E-state index in [1.165, 1.54) is 31.7 Å². The standard InChI is InChI=1S/C18H29N5O2/c24-17-11-10-16(21-22-17)23-12-6-5-9-15(23)13-19-18(25)20-14-7-3-1-2-4-8-14/h10-11,14-15H,1-9,12-13H2,(H,22,24)(H2,19,20,25). The van der Waals surface area contributed by atoms with Crippen LogP contribution in [-0.4, -0.2) is 41.4 Å². The lowest BCUT2D eigenvalue weighted by Crippen LogP contribution is -2.50. The monoisotopic (exact) mass is 347 g/mol. The van der Waals surface area contributed by atoms with Gasteiger partial charge in [0.25, 0.3) is 5.56 Å². The van der Waals surface area contributed by atoms with Crippen LogP contribution >= 0.6 is 0 Å². The lowest BCUT2D eigenvalue weighted by molar-refractivity contribution is 0.234. The molecule has 25 heavy (non-hydrogen) atoms. The van der Waals surface area contributed by atoms with E-state index in [2.05, 4.69) is 25.7 Å². The number of nitrogens with zero attached hydrogens (tertiary/aromatic N) is 2. The van der Waals surface area contributed by atoms with Gasteiger partial charge in [0.2, 0.25) is 0 Å². The molecule has 138 valence electrons. The molecule has 1 saturated carbocycles. The van der Waals surface area contributed by atoms with Crippen LogP contribution in [0.5, 0.6) is 0 Å². The van der Waals surface area contributed by atoms with Crippen molar-refractivity contribution in [3.05, 3.63) is 22.5 Å². The number of H-pyrrole nitrogens is 1. The third-order valence-electron chi connectivity index (χ3n) is 5.27. The summed E-state index contributed by atoms with van der Waals surface area (Å²) in [6.45, 7) is 1.50. The topological polar surface area (TPSA) is 90.1 Å². The molecule has 2 fully saturated rings. The summed E-state index contributed by atoms with van der Waals surface area (Å²) in [6.07, 6.45) is 10.4. The minimum absolute atomic E-state index is 0.0631. The fourth-order valence-corrected chi connectivity index (χ4v) is 3.88. The zero-order chi connectivity index (χ0) is 17.5. The summed E-state index contributed by atoms with van der Waals surface area (Å²) < 4.78 is 0. The molecule has 7 heteroatoms. The van der Waals surface area contributed by atoms with E-state index in [0.29, 0.717) is 12.6 Å². The summed E-state index contributed by atoms with van der Waals surface area (Å²) in [6, 6.07) is 3.72. The number of piperidine rings is 1. The van der Waals surface area contributed by atoms with Crippen molar-refractivity contribution in [3.63, 3.8) is 0 Å². The van der Waals surface area contributed by atoms with Crippen molar-refractivity contribution in [2.24, 2.45) is 0 Å². The number of carbonyl (C=O) groups excluding carboxylic acids is 1. The van der Waals surface area contributed by atoms with Crippen LogP contribution < -0.4 is 21.1 Å². The van der Waals surface area contributed by atoms with E-state index in [4.69, 9.17) is 0 Å². The molecular weight excluding hydrogens is 318 g/mol. The molecule has 1 aliphatic carbocycles. The average molecular weight is 347 g/mol. The summed E-state index contributed by atoms with van der Waals surface area (Å²) in [7, 11) is 0. The summed E-state index contributed by atoms with van der Waals surface area (Å²) in [5.41, 5.74) is -0.196. The van der Waals surface area contributed by atoms with E-state index in [0.717, 1.165) is 44.5 Å². The van der Waals surface area contributed by atoms with Crippen molar-refractivity contribution in [1.29, 1.82) is 0 Å². The number of hydrogen-bond donors (Lipinski definition) is 3. The molecule has 3 rings (SSSR count). The van der Waals surface area contributed by atoms with Gasteiger partial charge in [0.1, 0.15) is 5.82 Å². The van der Waals surface area contributed by atoms with Crippen molar-refractivity contribution in [1.82, 2.24) is 20.8 Å². The van der Waals surface area contributed by atoms with Crippen molar-refractivity contribution >= 4 is 11.8 Å². The van der Waals surface area contributed by atoms with Crippen LogP contribution in [0, 0.1) is 0 Å². The molecule has 3 N–H and O–H groups in total. The van der Waals surface area contributed by atoms with Crippen molar-refractivity contribution in [2.45, 2.75) is 69.9 Å². The smallest absolute Gasteiger partial charge is 0.315 e. The Morgan fingerprint density at radius 2 is 1.88 bits per heavy atom.